The van der Waals surface area contributed by atoms with Gasteiger partial charge in [0.05, 0.1) is 16.5 Å². The van der Waals surface area contributed by atoms with Gasteiger partial charge < -0.3 is 15.0 Å². The Hall–Kier alpha value is -2.87. The van der Waals surface area contributed by atoms with Crippen LogP contribution in [0.3, 0.4) is 0 Å². The van der Waals surface area contributed by atoms with E-state index in [1.807, 2.05) is 0 Å². The van der Waals surface area contributed by atoms with E-state index in [0.29, 0.717) is 11.3 Å². The average Bonchev–Trinajstić information content (AvgIpc) is 2.67. The van der Waals surface area contributed by atoms with Crippen LogP contribution in [0.25, 0.3) is 0 Å². The van der Waals surface area contributed by atoms with Crippen LogP contribution in [0.4, 0.5) is 10.1 Å². The van der Waals surface area contributed by atoms with E-state index < -0.39 is 18.0 Å². The van der Waals surface area contributed by atoms with Gasteiger partial charge in [-0.2, -0.15) is 0 Å². The first kappa shape index (κ1) is 20.9. The zero-order valence-corrected chi connectivity index (χ0v) is 17.1. The molecule has 2 aromatic rings. The topological polar surface area (TPSA) is 75.7 Å². The molecule has 2 unspecified atom stereocenters. The number of ether oxygens (including phenoxy) is 1. The molecule has 0 saturated heterocycles. The monoisotopic (exact) mass is 416 g/mol. The Labute approximate surface area is 172 Å². The predicted octanol–water partition coefficient (Wildman–Crippen LogP) is 3.46. The SMILES string of the molecule is CC(OC(=O)c1ccc2c(c1)NC(=O)C(C)S2)C(=O)N(C)Cc1cccc(F)c1. The van der Waals surface area contributed by atoms with Gasteiger partial charge in [0.25, 0.3) is 5.91 Å². The predicted molar refractivity (Wildman–Crippen MR) is 108 cm³/mol. The molecule has 8 heteroatoms. The minimum Gasteiger partial charge on any atom is -0.449 e. The number of carbonyl (C=O) groups is 3. The lowest BCUT2D eigenvalue weighted by Gasteiger charge is -2.23. The molecule has 0 fully saturated rings. The van der Waals surface area contributed by atoms with Crippen LogP contribution in [0.5, 0.6) is 0 Å². The first-order valence-corrected chi connectivity index (χ1v) is 9.94. The zero-order valence-electron chi connectivity index (χ0n) is 16.3. The number of fused-ring (bicyclic) bond motifs is 1. The first-order valence-electron chi connectivity index (χ1n) is 9.06. The Bertz CT molecular complexity index is 965. The number of likely N-dealkylation sites (N-methyl/N-ethyl adjacent to an activating group) is 1. The van der Waals surface area contributed by atoms with E-state index in [2.05, 4.69) is 5.32 Å². The van der Waals surface area contributed by atoms with E-state index in [9.17, 15) is 18.8 Å². The number of amides is 2. The van der Waals surface area contributed by atoms with Crippen LogP contribution < -0.4 is 5.32 Å². The molecule has 0 bridgehead atoms. The fourth-order valence-corrected chi connectivity index (χ4v) is 3.84. The van der Waals surface area contributed by atoms with Crippen molar-refractivity contribution in [2.45, 2.75) is 36.6 Å². The van der Waals surface area contributed by atoms with Gasteiger partial charge in [-0.05, 0) is 49.7 Å². The van der Waals surface area contributed by atoms with Crippen LogP contribution in [0.2, 0.25) is 0 Å². The van der Waals surface area contributed by atoms with Gasteiger partial charge in [-0.15, -0.1) is 11.8 Å². The number of hydrogen-bond donors (Lipinski definition) is 1. The Kier molecular flexibility index (Phi) is 6.22. The maximum Gasteiger partial charge on any atom is 0.338 e. The summed E-state index contributed by atoms with van der Waals surface area (Å²) >= 11 is 1.41. The summed E-state index contributed by atoms with van der Waals surface area (Å²) in [4.78, 5) is 39.0. The molecular formula is C21H21FN2O4S. The third-order valence-corrected chi connectivity index (χ3v) is 5.64. The van der Waals surface area contributed by atoms with Crippen molar-refractivity contribution >= 4 is 35.2 Å². The molecule has 0 aliphatic carbocycles. The summed E-state index contributed by atoms with van der Waals surface area (Å²) in [5, 5.41) is 2.56. The zero-order chi connectivity index (χ0) is 21.1. The number of nitrogens with zero attached hydrogens (tertiary/aromatic N) is 1. The van der Waals surface area contributed by atoms with Crippen LogP contribution in [-0.2, 0) is 20.9 Å². The van der Waals surface area contributed by atoms with Crippen molar-refractivity contribution in [2.75, 3.05) is 12.4 Å². The maximum absolute atomic E-state index is 13.3. The summed E-state index contributed by atoms with van der Waals surface area (Å²) in [6.45, 7) is 3.48. The van der Waals surface area contributed by atoms with E-state index in [0.717, 1.165) is 4.90 Å². The summed E-state index contributed by atoms with van der Waals surface area (Å²) in [5.74, 6) is -1.57. The molecule has 6 nitrogen and oxygen atoms in total. The van der Waals surface area contributed by atoms with E-state index >= 15 is 0 Å². The van der Waals surface area contributed by atoms with Crippen LogP contribution in [0.1, 0.15) is 29.8 Å². The number of carbonyl (C=O) groups excluding carboxylic acids is 3. The van der Waals surface area contributed by atoms with Gasteiger partial charge in [0, 0.05) is 18.5 Å². The molecule has 152 valence electrons. The summed E-state index contributed by atoms with van der Waals surface area (Å²) < 4.78 is 18.6. The molecule has 0 radical (unpaired) electrons. The quantitative estimate of drug-likeness (QED) is 0.756. The molecule has 2 atom stereocenters. The van der Waals surface area contributed by atoms with Gasteiger partial charge in [0.1, 0.15) is 5.82 Å². The van der Waals surface area contributed by atoms with Crippen LogP contribution in [0.15, 0.2) is 47.4 Å². The second kappa shape index (κ2) is 8.65. The number of hydrogen-bond acceptors (Lipinski definition) is 5. The number of esters is 1. The molecule has 3 rings (SSSR count). The number of rotatable bonds is 5. The molecule has 1 N–H and O–H groups in total. The van der Waals surface area contributed by atoms with Crippen molar-refractivity contribution < 1.29 is 23.5 Å². The number of anilines is 1. The Morgan fingerprint density at radius 2 is 2.03 bits per heavy atom. The highest BCUT2D eigenvalue weighted by atomic mass is 32.2. The summed E-state index contributed by atoms with van der Waals surface area (Å²) in [6.07, 6.45) is -1.01. The lowest BCUT2D eigenvalue weighted by molar-refractivity contribution is -0.139. The van der Waals surface area contributed by atoms with Crippen LogP contribution in [0, 0.1) is 5.82 Å². The van der Waals surface area contributed by atoms with E-state index in [1.54, 1.807) is 44.3 Å². The lowest BCUT2D eigenvalue weighted by Crippen LogP contribution is -2.37. The molecule has 2 aromatic carbocycles. The second-order valence-corrected chi connectivity index (χ2v) is 8.21. The molecular weight excluding hydrogens is 395 g/mol. The van der Waals surface area contributed by atoms with E-state index in [4.69, 9.17) is 4.74 Å². The highest BCUT2D eigenvalue weighted by Gasteiger charge is 2.26. The van der Waals surface area contributed by atoms with Crippen LogP contribution in [-0.4, -0.2) is 41.1 Å². The van der Waals surface area contributed by atoms with Crippen LogP contribution >= 0.6 is 11.8 Å². The fraction of sp³-hybridized carbons (Fsp3) is 0.286. The second-order valence-electron chi connectivity index (χ2n) is 6.83. The average molecular weight is 416 g/mol. The van der Waals surface area contributed by atoms with Gasteiger partial charge in [0.15, 0.2) is 6.10 Å². The maximum atomic E-state index is 13.3. The highest BCUT2D eigenvalue weighted by Crippen LogP contribution is 2.36. The minimum absolute atomic E-state index is 0.129. The van der Waals surface area contributed by atoms with E-state index in [-0.39, 0.29) is 29.1 Å². The number of halogens is 1. The number of nitrogens with one attached hydrogen (secondary N) is 1. The lowest BCUT2D eigenvalue weighted by atomic mass is 10.2. The molecule has 0 aromatic heterocycles. The molecule has 2 amide bonds. The number of thioether (sulfide) groups is 1. The van der Waals surface area contributed by atoms with Gasteiger partial charge in [-0.1, -0.05) is 12.1 Å². The summed E-state index contributed by atoms with van der Waals surface area (Å²) in [5.41, 5.74) is 1.43. The van der Waals surface area contributed by atoms with Crippen molar-refractivity contribution in [2.24, 2.45) is 0 Å². The highest BCUT2D eigenvalue weighted by molar-refractivity contribution is 8.00. The van der Waals surface area contributed by atoms with Gasteiger partial charge in [-0.3, -0.25) is 9.59 Å². The Morgan fingerprint density at radius 1 is 1.28 bits per heavy atom. The Balaban J connectivity index is 1.63. The smallest absolute Gasteiger partial charge is 0.338 e. The molecule has 1 heterocycles. The molecule has 0 spiro atoms. The third kappa shape index (κ3) is 4.95. The standard InChI is InChI=1S/C21H21FN2O4S/c1-12(20(26)24(3)11-14-5-4-6-16(22)9-14)28-21(27)15-7-8-18-17(10-15)23-19(25)13(2)29-18/h4-10,12-13H,11H2,1-3H3,(H,23,25). The van der Waals surface area contributed by atoms with Crippen molar-refractivity contribution in [3.63, 3.8) is 0 Å². The first-order chi connectivity index (χ1) is 13.7. The third-order valence-electron chi connectivity index (χ3n) is 4.46. The van der Waals surface area contributed by atoms with Crippen molar-refractivity contribution in [3.05, 3.63) is 59.4 Å². The van der Waals surface area contributed by atoms with Crippen molar-refractivity contribution in [3.8, 4) is 0 Å². The normalized spacial score (nSPS) is 16.4. The van der Waals surface area contributed by atoms with Gasteiger partial charge >= 0.3 is 5.97 Å². The molecule has 1 aliphatic rings. The van der Waals surface area contributed by atoms with Crippen molar-refractivity contribution in [1.29, 1.82) is 0 Å². The minimum atomic E-state index is -1.01. The Morgan fingerprint density at radius 3 is 2.76 bits per heavy atom. The molecule has 0 saturated carbocycles. The summed E-state index contributed by atoms with van der Waals surface area (Å²) in [6, 6.07) is 10.9. The fourth-order valence-electron chi connectivity index (χ4n) is 2.91. The molecule has 29 heavy (non-hydrogen) atoms. The van der Waals surface area contributed by atoms with Crippen molar-refractivity contribution in [1.82, 2.24) is 4.90 Å². The molecule has 1 aliphatic heterocycles. The number of benzene rings is 2. The largest absolute Gasteiger partial charge is 0.449 e. The van der Waals surface area contributed by atoms with E-state index in [1.165, 1.54) is 35.7 Å². The van der Waals surface area contributed by atoms with Gasteiger partial charge in [-0.25, -0.2) is 9.18 Å². The van der Waals surface area contributed by atoms with Gasteiger partial charge in [0.2, 0.25) is 5.91 Å². The summed E-state index contributed by atoms with van der Waals surface area (Å²) in [7, 11) is 1.56.